The molecule has 1 aliphatic heterocycles. The van der Waals surface area contributed by atoms with Crippen molar-refractivity contribution in [1.82, 2.24) is 24.7 Å². The summed E-state index contributed by atoms with van der Waals surface area (Å²) in [6.45, 7) is 9.62. The predicted molar refractivity (Wildman–Crippen MR) is 126 cm³/mol. The van der Waals surface area contributed by atoms with Crippen molar-refractivity contribution in [2.75, 3.05) is 39.3 Å². The molecule has 0 radical (unpaired) electrons. The van der Waals surface area contributed by atoms with Gasteiger partial charge in [0.2, 0.25) is 0 Å². The molecule has 1 aliphatic rings. The summed E-state index contributed by atoms with van der Waals surface area (Å²) in [6.07, 6.45) is 6.27. The van der Waals surface area contributed by atoms with Crippen LogP contribution in [-0.4, -0.2) is 64.6 Å². The predicted octanol–water partition coefficient (Wildman–Crippen LogP) is 3.51. The van der Waals surface area contributed by atoms with E-state index in [-0.39, 0.29) is 30.0 Å². The SMILES string of the molecule is CCNC(=NCCn1ccnc1)N1CCN(C(CC)c2ccc(F)cc2F)CC1.I. The van der Waals surface area contributed by atoms with Crippen LogP contribution in [0.1, 0.15) is 31.9 Å². The zero-order valence-corrected chi connectivity index (χ0v) is 19.9. The number of aromatic nitrogens is 2. The molecule has 1 aromatic carbocycles. The Hall–Kier alpha value is -1.75. The van der Waals surface area contributed by atoms with Crippen molar-refractivity contribution in [2.45, 2.75) is 32.9 Å². The van der Waals surface area contributed by atoms with E-state index >= 15 is 0 Å². The number of nitrogens with one attached hydrogen (secondary N) is 1. The summed E-state index contributed by atoms with van der Waals surface area (Å²) in [5.41, 5.74) is 0.572. The van der Waals surface area contributed by atoms with Gasteiger partial charge in [-0.25, -0.2) is 13.8 Å². The zero-order valence-electron chi connectivity index (χ0n) is 17.6. The fraction of sp³-hybridized carbons (Fsp3) is 0.524. The van der Waals surface area contributed by atoms with Crippen molar-refractivity contribution < 1.29 is 8.78 Å². The van der Waals surface area contributed by atoms with Crippen LogP contribution in [0.3, 0.4) is 0 Å². The third-order valence-corrected chi connectivity index (χ3v) is 5.28. The van der Waals surface area contributed by atoms with Crippen LogP contribution >= 0.6 is 24.0 Å². The minimum Gasteiger partial charge on any atom is -0.357 e. The van der Waals surface area contributed by atoms with E-state index in [4.69, 9.17) is 4.99 Å². The van der Waals surface area contributed by atoms with Crippen molar-refractivity contribution >= 4 is 29.9 Å². The summed E-state index contributed by atoms with van der Waals surface area (Å²) in [4.78, 5) is 13.3. The second-order valence-electron chi connectivity index (χ2n) is 7.15. The Morgan fingerprint density at radius 3 is 2.57 bits per heavy atom. The molecule has 166 valence electrons. The van der Waals surface area contributed by atoms with E-state index in [0.29, 0.717) is 12.1 Å². The highest BCUT2D eigenvalue weighted by Gasteiger charge is 2.27. The normalized spacial score (nSPS) is 16.3. The summed E-state index contributed by atoms with van der Waals surface area (Å²) in [7, 11) is 0. The van der Waals surface area contributed by atoms with E-state index in [9.17, 15) is 8.78 Å². The molecule has 2 aromatic rings. The molecular weight excluding hydrogens is 501 g/mol. The molecule has 0 spiro atoms. The molecule has 0 aliphatic carbocycles. The number of nitrogens with zero attached hydrogens (tertiary/aromatic N) is 5. The number of aliphatic imine (C=N–C) groups is 1. The van der Waals surface area contributed by atoms with Gasteiger partial charge in [0.05, 0.1) is 12.9 Å². The Bertz CT molecular complexity index is 791. The number of benzene rings is 1. The smallest absolute Gasteiger partial charge is 0.194 e. The fourth-order valence-electron chi connectivity index (χ4n) is 3.81. The monoisotopic (exact) mass is 532 g/mol. The number of halogens is 3. The van der Waals surface area contributed by atoms with Crippen molar-refractivity contribution in [1.29, 1.82) is 0 Å². The number of hydrogen-bond donors (Lipinski definition) is 1. The Kier molecular flexibility index (Phi) is 9.96. The molecule has 3 rings (SSSR count). The molecule has 1 atom stereocenters. The standard InChI is InChI=1S/C21H30F2N6.HI/c1-3-20(18-6-5-17(22)15-19(18)23)28-11-13-29(14-12-28)21(25-4-2)26-8-10-27-9-7-24-16-27;/h5-7,9,15-16,20H,3-4,8,10-14H2,1-2H3,(H,25,26);1H. The van der Waals surface area contributed by atoms with E-state index in [1.54, 1.807) is 18.6 Å². The molecule has 0 amide bonds. The number of guanidine groups is 1. The summed E-state index contributed by atoms with van der Waals surface area (Å²) in [6, 6.07) is 3.85. The number of rotatable bonds is 7. The van der Waals surface area contributed by atoms with Crippen LogP contribution in [0.5, 0.6) is 0 Å². The molecule has 1 aromatic heterocycles. The van der Waals surface area contributed by atoms with Gasteiger partial charge in [-0.3, -0.25) is 9.89 Å². The Morgan fingerprint density at radius 1 is 1.20 bits per heavy atom. The Labute approximate surface area is 194 Å². The third kappa shape index (κ3) is 6.37. The van der Waals surface area contributed by atoms with Gasteiger partial charge in [0.1, 0.15) is 11.6 Å². The van der Waals surface area contributed by atoms with Crippen molar-refractivity contribution in [2.24, 2.45) is 4.99 Å². The summed E-state index contributed by atoms with van der Waals surface area (Å²) >= 11 is 0. The van der Waals surface area contributed by atoms with Gasteiger partial charge in [0.25, 0.3) is 0 Å². The lowest BCUT2D eigenvalue weighted by atomic mass is 10.0. The molecule has 6 nitrogen and oxygen atoms in total. The first-order valence-corrected chi connectivity index (χ1v) is 10.3. The quantitative estimate of drug-likeness (QED) is 0.337. The van der Waals surface area contributed by atoms with E-state index in [0.717, 1.165) is 57.7 Å². The van der Waals surface area contributed by atoms with Gasteiger partial charge >= 0.3 is 0 Å². The van der Waals surface area contributed by atoms with Crippen LogP contribution in [0.15, 0.2) is 41.9 Å². The molecule has 0 bridgehead atoms. The maximum absolute atomic E-state index is 14.3. The summed E-state index contributed by atoms with van der Waals surface area (Å²) in [5, 5.41) is 3.37. The lowest BCUT2D eigenvalue weighted by Gasteiger charge is -2.40. The van der Waals surface area contributed by atoms with Gasteiger partial charge in [0.15, 0.2) is 5.96 Å². The van der Waals surface area contributed by atoms with Crippen molar-refractivity contribution in [3.05, 3.63) is 54.1 Å². The van der Waals surface area contributed by atoms with E-state index in [1.165, 1.54) is 6.07 Å². The minimum atomic E-state index is -0.534. The second-order valence-corrected chi connectivity index (χ2v) is 7.15. The van der Waals surface area contributed by atoms with Gasteiger partial charge in [0, 0.05) is 69.3 Å². The van der Waals surface area contributed by atoms with Crippen LogP contribution in [0.4, 0.5) is 8.78 Å². The molecule has 1 N–H and O–H groups in total. The lowest BCUT2D eigenvalue weighted by molar-refractivity contribution is 0.124. The van der Waals surface area contributed by atoms with Gasteiger partial charge in [-0.1, -0.05) is 13.0 Å². The molecule has 1 unspecified atom stereocenters. The van der Waals surface area contributed by atoms with Crippen molar-refractivity contribution in [3.8, 4) is 0 Å². The van der Waals surface area contributed by atoms with Gasteiger partial charge in [-0.15, -0.1) is 24.0 Å². The van der Waals surface area contributed by atoms with Crippen LogP contribution in [-0.2, 0) is 6.54 Å². The molecule has 2 heterocycles. The van der Waals surface area contributed by atoms with E-state index in [1.807, 2.05) is 17.7 Å². The number of hydrogen-bond acceptors (Lipinski definition) is 3. The van der Waals surface area contributed by atoms with Gasteiger partial charge < -0.3 is 14.8 Å². The van der Waals surface area contributed by atoms with E-state index in [2.05, 4.69) is 27.0 Å². The maximum Gasteiger partial charge on any atom is 0.194 e. The molecule has 30 heavy (non-hydrogen) atoms. The Morgan fingerprint density at radius 2 is 1.97 bits per heavy atom. The van der Waals surface area contributed by atoms with Crippen molar-refractivity contribution in [3.63, 3.8) is 0 Å². The average molecular weight is 532 g/mol. The Balaban J connectivity index is 0.00000320. The van der Waals surface area contributed by atoms with Crippen LogP contribution in [0.25, 0.3) is 0 Å². The summed E-state index contributed by atoms with van der Waals surface area (Å²) < 4.78 is 29.6. The largest absolute Gasteiger partial charge is 0.357 e. The highest BCUT2D eigenvalue weighted by Crippen LogP contribution is 2.28. The molecule has 1 saturated heterocycles. The first-order valence-electron chi connectivity index (χ1n) is 10.3. The lowest BCUT2D eigenvalue weighted by Crippen LogP contribution is -2.53. The van der Waals surface area contributed by atoms with Crippen LogP contribution in [0.2, 0.25) is 0 Å². The molecular formula is C21H31F2IN6. The first kappa shape index (κ1) is 24.5. The molecule has 9 heteroatoms. The van der Waals surface area contributed by atoms with Crippen LogP contribution < -0.4 is 5.32 Å². The van der Waals surface area contributed by atoms with Crippen LogP contribution in [0, 0.1) is 11.6 Å². The number of imidazole rings is 1. The van der Waals surface area contributed by atoms with Gasteiger partial charge in [-0.05, 0) is 19.4 Å². The maximum atomic E-state index is 14.3. The van der Waals surface area contributed by atoms with E-state index < -0.39 is 11.6 Å². The molecule has 1 fully saturated rings. The first-order chi connectivity index (χ1) is 14.1. The second kappa shape index (κ2) is 12.2. The fourth-order valence-corrected chi connectivity index (χ4v) is 3.81. The van der Waals surface area contributed by atoms with Gasteiger partial charge in [-0.2, -0.15) is 0 Å². The highest BCUT2D eigenvalue weighted by molar-refractivity contribution is 14.0. The number of piperazine rings is 1. The average Bonchev–Trinajstić information content (AvgIpc) is 3.23. The topological polar surface area (TPSA) is 48.7 Å². The molecule has 0 saturated carbocycles. The highest BCUT2D eigenvalue weighted by atomic mass is 127. The third-order valence-electron chi connectivity index (χ3n) is 5.28. The zero-order chi connectivity index (χ0) is 20.6. The minimum absolute atomic E-state index is 0. The summed E-state index contributed by atoms with van der Waals surface area (Å²) in [5.74, 6) is -0.0879.